The van der Waals surface area contributed by atoms with Crippen LogP contribution in [-0.4, -0.2) is 52.1 Å². The molecule has 200 valence electrons. The molecule has 3 heterocycles. The second-order valence-electron chi connectivity index (χ2n) is 9.85. The lowest BCUT2D eigenvalue weighted by atomic mass is 9.77. The van der Waals surface area contributed by atoms with E-state index in [9.17, 15) is 13.6 Å². The van der Waals surface area contributed by atoms with E-state index < -0.39 is 11.6 Å². The van der Waals surface area contributed by atoms with Crippen molar-refractivity contribution < 1.29 is 23.0 Å². The molecule has 3 aromatic rings. The zero-order valence-corrected chi connectivity index (χ0v) is 21.5. The maximum atomic E-state index is 14.7. The number of hydrogen-bond donors (Lipinski definition) is 1. The summed E-state index contributed by atoms with van der Waals surface area (Å²) in [6.07, 6.45) is 11.3. The van der Waals surface area contributed by atoms with Gasteiger partial charge in [-0.05, 0) is 50.5 Å². The Bertz CT molecular complexity index is 1170. The number of carbonyl (C=O) groups excluding carboxylic acids is 1. The van der Waals surface area contributed by atoms with Crippen LogP contribution in [0.2, 0.25) is 0 Å². The van der Waals surface area contributed by atoms with Crippen molar-refractivity contribution in [2.24, 2.45) is 11.8 Å². The summed E-state index contributed by atoms with van der Waals surface area (Å²) in [5.74, 6) is 0.361. The highest BCUT2D eigenvalue weighted by Gasteiger charge is 2.26. The van der Waals surface area contributed by atoms with Crippen LogP contribution in [0.3, 0.4) is 0 Å². The first kappa shape index (κ1) is 27.3. The molecule has 0 bridgehead atoms. The fraction of sp³-hybridized carbons (Fsp3) is 0.571. The molecule has 7 nitrogen and oxygen atoms in total. The lowest BCUT2D eigenvalue weighted by Gasteiger charge is -2.28. The molecule has 1 N–H and O–H groups in total. The summed E-state index contributed by atoms with van der Waals surface area (Å²) < 4.78 is 39.1. The van der Waals surface area contributed by atoms with Crippen molar-refractivity contribution >= 4 is 16.8 Å². The molecule has 1 saturated carbocycles. The summed E-state index contributed by atoms with van der Waals surface area (Å²) in [6, 6.07) is 1.37. The molecule has 0 saturated heterocycles. The predicted molar refractivity (Wildman–Crippen MR) is 137 cm³/mol. The van der Waals surface area contributed by atoms with E-state index >= 15 is 0 Å². The summed E-state index contributed by atoms with van der Waals surface area (Å²) in [5.41, 5.74) is 1.49. The molecule has 37 heavy (non-hydrogen) atoms. The van der Waals surface area contributed by atoms with Crippen molar-refractivity contribution in [1.29, 1.82) is 0 Å². The highest BCUT2D eigenvalue weighted by atomic mass is 19.1. The molecule has 0 spiro atoms. The van der Waals surface area contributed by atoms with Gasteiger partial charge in [-0.2, -0.15) is 0 Å². The largest absolute Gasteiger partial charge is 0.379 e. The van der Waals surface area contributed by atoms with Gasteiger partial charge in [0.15, 0.2) is 11.6 Å². The third-order valence-corrected chi connectivity index (χ3v) is 7.02. The molecule has 1 aliphatic rings. The first-order valence-corrected chi connectivity index (χ1v) is 13.3. The maximum absolute atomic E-state index is 14.7. The molecule has 1 fully saturated rings. The molecule has 0 unspecified atom stereocenters. The van der Waals surface area contributed by atoms with Gasteiger partial charge in [0.1, 0.15) is 17.2 Å². The van der Waals surface area contributed by atoms with E-state index in [-0.39, 0.29) is 5.92 Å². The molecule has 0 radical (unpaired) electrons. The second-order valence-corrected chi connectivity index (χ2v) is 9.85. The van der Waals surface area contributed by atoms with E-state index in [0.717, 1.165) is 44.7 Å². The number of fused-ring (bicyclic) bond motifs is 1. The Hall–Kier alpha value is -2.78. The lowest BCUT2D eigenvalue weighted by molar-refractivity contribution is -0.120. The standard InChI is InChI=1S/C28H36F2N4O3/c1-2-36-10-11-37-9-4-3-8-22(35)13-19-6-5-7-20(12-19)14-26-25(30)18-33-28(34-26)24-17-32-27-23(24)15-21(29)16-31-27/h15-20H,2-14H2,1H3,(H,31,32)/t19-,20+/m1/s1. The Labute approximate surface area is 216 Å². The minimum absolute atomic E-state index is 0.268. The predicted octanol–water partition coefficient (Wildman–Crippen LogP) is 5.83. The van der Waals surface area contributed by atoms with Gasteiger partial charge in [-0.1, -0.05) is 19.3 Å². The van der Waals surface area contributed by atoms with Gasteiger partial charge in [0.05, 0.1) is 31.3 Å². The van der Waals surface area contributed by atoms with Crippen LogP contribution in [0.15, 0.2) is 24.7 Å². The zero-order chi connectivity index (χ0) is 26.0. The third-order valence-electron chi connectivity index (χ3n) is 7.02. The van der Waals surface area contributed by atoms with Crippen molar-refractivity contribution in [2.45, 2.75) is 64.7 Å². The summed E-state index contributed by atoms with van der Waals surface area (Å²) in [5, 5.41) is 0.561. The van der Waals surface area contributed by atoms with E-state index in [0.29, 0.717) is 85.5 Å². The van der Waals surface area contributed by atoms with Gasteiger partial charge in [0.25, 0.3) is 0 Å². The van der Waals surface area contributed by atoms with E-state index in [1.54, 1.807) is 6.20 Å². The van der Waals surface area contributed by atoms with Crippen molar-refractivity contribution in [3.63, 3.8) is 0 Å². The molecule has 1 aliphatic carbocycles. The Morgan fingerprint density at radius 3 is 2.78 bits per heavy atom. The second kappa shape index (κ2) is 13.7. The lowest BCUT2D eigenvalue weighted by Crippen LogP contribution is -2.21. The van der Waals surface area contributed by atoms with Gasteiger partial charge in [-0.25, -0.2) is 23.7 Å². The maximum Gasteiger partial charge on any atom is 0.163 e. The minimum atomic E-state index is -0.454. The molecule has 0 aromatic carbocycles. The molecular weight excluding hydrogens is 478 g/mol. The summed E-state index contributed by atoms with van der Waals surface area (Å²) >= 11 is 0. The number of rotatable bonds is 14. The summed E-state index contributed by atoms with van der Waals surface area (Å²) in [4.78, 5) is 28.2. The average Bonchev–Trinajstić information content (AvgIpc) is 3.30. The number of aromatic nitrogens is 4. The van der Waals surface area contributed by atoms with Crippen molar-refractivity contribution in [1.82, 2.24) is 19.9 Å². The quantitative estimate of drug-likeness (QED) is 0.272. The van der Waals surface area contributed by atoms with Gasteiger partial charge in [-0.15, -0.1) is 0 Å². The van der Waals surface area contributed by atoms with Crippen molar-refractivity contribution in [2.75, 3.05) is 26.4 Å². The Balaban J connectivity index is 1.27. The van der Waals surface area contributed by atoms with E-state index in [1.165, 1.54) is 12.3 Å². The number of hydrogen-bond acceptors (Lipinski definition) is 6. The number of ether oxygens (including phenoxy) is 2. The highest BCUT2D eigenvalue weighted by Crippen LogP contribution is 2.34. The molecule has 4 rings (SSSR count). The van der Waals surface area contributed by atoms with Crippen LogP contribution in [0, 0.1) is 23.5 Å². The van der Waals surface area contributed by atoms with E-state index in [2.05, 4.69) is 19.9 Å². The van der Waals surface area contributed by atoms with Gasteiger partial charge in [-0.3, -0.25) is 4.79 Å². The normalized spacial score (nSPS) is 17.9. The van der Waals surface area contributed by atoms with Crippen LogP contribution in [-0.2, 0) is 20.7 Å². The van der Waals surface area contributed by atoms with Crippen molar-refractivity contribution in [3.05, 3.63) is 42.0 Å². The van der Waals surface area contributed by atoms with Crippen LogP contribution in [0.25, 0.3) is 22.4 Å². The fourth-order valence-electron chi connectivity index (χ4n) is 5.20. The fourth-order valence-corrected chi connectivity index (χ4v) is 5.20. The SMILES string of the molecule is CCOCCOCCCCC(=O)C[C@@H]1CCC[C@H](Cc2nc(-c3c[nH]c4ncc(F)cc34)ncc2F)C1. The number of carbonyl (C=O) groups is 1. The number of aromatic amines is 1. The number of pyridine rings is 1. The number of nitrogens with one attached hydrogen (secondary N) is 1. The third kappa shape index (κ3) is 7.85. The molecular formula is C28H36F2N4O3. The number of H-pyrrole nitrogens is 1. The summed E-state index contributed by atoms with van der Waals surface area (Å²) in [7, 11) is 0. The van der Waals surface area contributed by atoms with E-state index in [4.69, 9.17) is 9.47 Å². The van der Waals surface area contributed by atoms with Crippen LogP contribution in [0.1, 0.15) is 64.0 Å². The molecule has 0 amide bonds. The van der Waals surface area contributed by atoms with Crippen LogP contribution in [0.4, 0.5) is 8.78 Å². The molecule has 9 heteroatoms. The Morgan fingerprint density at radius 1 is 1.08 bits per heavy atom. The topological polar surface area (TPSA) is 90.0 Å². The number of Topliss-reactive ketones (excluding diaryl/α,β-unsaturated/α-hetero) is 1. The first-order chi connectivity index (χ1) is 18.0. The highest BCUT2D eigenvalue weighted by molar-refractivity contribution is 5.91. The average molecular weight is 515 g/mol. The number of nitrogens with zero attached hydrogens (tertiary/aromatic N) is 3. The number of unbranched alkanes of at least 4 members (excludes halogenated alkanes) is 1. The van der Waals surface area contributed by atoms with Gasteiger partial charge >= 0.3 is 0 Å². The molecule has 2 atom stereocenters. The van der Waals surface area contributed by atoms with Crippen LogP contribution < -0.4 is 0 Å². The molecule has 0 aliphatic heterocycles. The van der Waals surface area contributed by atoms with E-state index in [1.807, 2.05) is 6.92 Å². The van der Waals surface area contributed by atoms with Gasteiger partial charge in [0.2, 0.25) is 0 Å². The van der Waals surface area contributed by atoms with Crippen molar-refractivity contribution in [3.8, 4) is 11.4 Å². The number of halogens is 2. The van der Waals surface area contributed by atoms with Gasteiger partial charge in [0, 0.05) is 43.2 Å². The smallest absolute Gasteiger partial charge is 0.163 e. The van der Waals surface area contributed by atoms with Crippen LogP contribution in [0.5, 0.6) is 0 Å². The van der Waals surface area contributed by atoms with Gasteiger partial charge < -0.3 is 14.5 Å². The summed E-state index contributed by atoms with van der Waals surface area (Å²) in [6.45, 7) is 4.51. The Kier molecular flexibility index (Phi) is 10.1. The Morgan fingerprint density at radius 2 is 1.92 bits per heavy atom. The monoisotopic (exact) mass is 514 g/mol. The minimum Gasteiger partial charge on any atom is -0.379 e. The first-order valence-electron chi connectivity index (χ1n) is 13.3. The zero-order valence-electron chi connectivity index (χ0n) is 21.5. The van der Waals surface area contributed by atoms with Crippen LogP contribution >= 0.6 is 0 Å². The molecule has 3 aromatic heterocycles. The number of ketones is 1.